The monoisotopic (exact) mass is 266 g/mol. The molecular formula is C14H19ClN2O. The molecule has 0 spiro atoms. The summed E-state index contributed by atoms with van der Waals surface area (Å²) in [7, 11) is 0. The number of rotatable bonds is 1. The van der Waals surface area contributed by atoms with Gasteiger partial charge in [0.1, 0.15) is 0 Å². The molecule has 1 aromatic carbocycles. The summed E-state index contributed by atoms with van der Waals surface area (Å²) in [4.78, 5) is 11.9. The lowest BCUT2D eigenvalue weighted by molar-refractivity contribution is -0.116. The number of halogens is 1. The average Bonchev–Trinajstić information content (AvgIpc) is 2.34. The Balaban J connectivity index is 2.27. The zero-order valence-electron chi connectivity index (χ0n) is 11.0. The van der Waals surface area contributed by atoms with Crippen LogP contribution in [0.15, 0.2) is 18.2 Å². The van der Waals surface area contributed by atoms with Crippen LogP contribution in [0.25, 0.3) is 0 Å². The van der Waals surface area contributed by atoms with Gasteiger partial charge in [-0.05, 0) is 24.0 Å². The van der Waals surface area contributed by atoms with Crippen molar-refractivity contribution in [3.8, 4) is 0 Å². The van der Waals surface area contributed by atoms with Crippen molar-refractivity contribution in [2.45, 2.75) is 39.7 Å². The summed E-state index contributed by atoms with van der Waals surface area (Å²) in [6.45, 7) is 6.53. The number of carbonyl (C=O) groups excluding carboxylic acids is 1. The first-order valence-corrected chi connectivity index (χ1v) is 6.58. The van der Waals surface area contributed by atoms with Gasteiger partial charge in [0.05, 0.1) is 16.4 Å². The van der Waals surface area contributed by atoms with Crippen LogP contribution < -0.4 is 10.6 Å². The number of para-hydroxylation sites is 1. The molecule has 1 amide bonds. The number of fused-ring (bicyclic) bond motifs is 1. The Morgan fingerprint density at radius 3 is 2.78 bits per heavy atom. The normalized spacial score (nSPS) is 19.6. The molecule has 0 aromatic heterocycles. The van der Waals surface area contributed by atoms with Crippen molar-refractivity contribution in [2.24, 2.45) is 5.41 Å². The van der Waals surface area contributed by atoms with Crippen LogP contribution in [0.2, 0.25) is 5.02 Å². The molecule has 18 heavy (non-hydrogen) atoms. The van der Waals surface area contributed by atoms with Gasteiger partial charge in [-0.25, -0.2) is 0 Å². The molecule has 98 valence electrons. The Morgan fingerprint density at radius 2 is 2.11 bits per heavy atom. The van der Waals surface area contributed by atoms with Crippen LogP contribution >= 0.6 is 11.6 Å². The second-order valence-corrected chi connectivity index (χ2v) is 6.43. The molecule has 1 aliphatic heterocycles. The van der Waals surface area contributed by atoms with E-state index in [1.54, 1.807) is 6.07 Å². The van der Waals surface area contributed by atoms with Crippen molar-refractivity contribution in [1.29, 1.82) is 0 Å². The third-order valence-corrected chi connectivity index (χ3v) is 3.24. The number of hydrogen-bond donors (Lipinski definition) is 2. The van der Waals surface area contributed by atoms with E-state index < -0.39 is 0 Å². The van der Waals surface area contributed by atoms with Crippen molar-refractivity contribution >= 4 is 28.9 Å². The van der Waals surface area contributed by atoms with E-state index >= 15 is 0 Å². The summed E-state index contributed by atoms with van der Waals surface area (Å²) in [5.74, 6) is 0.0172. The average molecular weight is 267 g/mol. The summed E-state index contributed by atoms with van der Waals surface area (Å²) in [5.41, 5.74) is 1.78. The highest BCUT2D eigenvalue weighted by molar-refractivity contribution is 6.34. The first-order chi connectivity index (χ1) is 8.35. The predicted octanol–water partition coefficient (Wildman–Crippen LogP) is 3.90. The maximum absolute atomic E-state index is 11.9. The van der Waals surface area contributed by atoms with E-state index in [4.69, 9.17) is 11.6 Å². The van der Waals surface area contributed by atoms with Crippen LogP contribution in [-0.2, 0) is 4.79 Å². The maximum atomic E-state index is 11.9. The van der Waals surface area contributed by atoms with E-state index in [-0.39, 0.29) is 17.4 Å². The Hall–Kier alpha value is -1.22. The minimum absolute atomic E-state index is 0.0172. The molecule has 1 heterocycles. The molecule has 1 aromatic rings. The van der Waals surface area contributed by atoms with Gasteiger partial charge in [0, 0.05) is 12.5 Å². The fourth-order valence-corrected chi connectivity index (χ4v) is 2.54. The largest absolute Gasteiger partial charge is 0.380 e. The lowest BCUT2D eigenvalue weighted by Crippen LogP contribution is -2.27. The highest BCUT2D eigenvalue weighted by atomic mass is 35.5. The quantitative estimate of drug-likeness (QED) is 0.809. The van der Waals surface area contributed by atoms with Gasteiger partial charge >= 0.3 is 0 Å². The van der Waals surface area contributed by atoms with Crippen LogP contribution in [0, 0.1) is 5.41 Å². The minimum Gasteiger partial charge on any atom is -0.380 e. The molecule has 1 unspecified atom stereocenters. The van der Waals surface area contributed by atoms with Crippen molar-refractivity contribution in [3.05, 3.63) is 23.2 Å². The number of nitrogens with one attached hydrogen (secondary N) is 2. The molecule has 2 rings (SSSR count). The van der Waals surface area contributed by atoms with Crippen molar-refractivity contribution in [2.75, 3.05) is 10.6 Å². The van der Waals surface area contributed by atoms with E-state index in [1.807, 2.05) is 12.1 Å². The molecule has 1 atom stereocenters. The summed E-state index contributed by atoms with van der Waals surface area (Å²) in [5, 5.41) is 6.87. The van der Waals surface area contributed by atoms with Crippen LogP contribution in [0.1, 0.15) is 33.6 Å². The van der Waals surface area contributed by atoms with Gasteiger partial charge in [0.2, 0.25) is 5.91 Å². The molecular weight excluding hydrogens is 248 g/mol. The first kappa shape index (κ1) is 13.2. The molecule has 0 saturated heterocycles. The smallest absolute Gasteiger partial charge is 0.226 e. The van der Waals surface area contributed by atoms with E-state index in [9.17, 15) is 4.79 Å². The number of hydrogen-bond acceptors (Lipinski definition) is 2. The van der Waals surface area contributed by atoms with Gasteiger partial charge in [-0.15, -0.1) is 0 Å². The summed E-state index contributed by atoms with van der Waals surface area (Å²) >= 11 is 6.11. The highest BCUT2D eigenvalue weighted by Crippen LogP contribution is 2.35. The van der Waals surface area contributed by atoms with Crippen molar-refractivity contribution < 1.29 is 4.79 Å². The lowest BCUT2D eigenvalue weighted by atomic mass is 9.87. The SMILES string of the molecule is CC(C)(C)CC1CC(=O)Nc2c(Cl)cccc2N1. The second kappa shape index (κ2) is 4.81. The Labute approximate surface area is 113 Å². The Morgan fingerprint density at radius 1 is 1.39 bits per heavy atom. The summed E-state index contributed by atoms with van der Waals surface area (Å²) < 4.78 is 0. The first-order valence-electron chi connectivity index (χ1n) is 6.20. The highest BCUT2D eigenvalue weighted by Gasteiger charge is 2.25. The zero-order chi connectivity index (χ0) is 13.3. The summed E-state index contributed by atoms with van der Waals surface area (Å²) in [6.07, 6.45) is 1.41. The van der Waals surface area contributed by atoms with Gasteiger partial charge in [0.25, 0.3) is 0 Å². The van der Waals surface area contributed by atoms with Gasteiger partial charge < -0.3 is 10.6 Å². The summed E-state index contributed by atoms with van der Waals surface area (Å²) in [6, 6.07) is 5.76. The molecule has 0 fully saturated rings. The van der Waals surface area contributed by atoms with E-state index in [0.29, 0.717) is 17.1 Å². The van der Waals surface area contributed by atoms with Crippen LogP contribution in [0.3, 0.4) is 0 Å². The number of benzene rings is 1. The zero-order valence-corrected chi connectivity index (χ0v) is 11.8. The Kier molecular flexibility index (Phi) is 3.53. The van der Waals surface area contributed by atoms with Gasteiger partial charge in [-0.1, -0.05) is 38.4 Å². The van der Waals surface area contributed by atoms with Crippen LogP contribution in [0.5, 0.6) is 0 Å². The maximum Gasteiger partial charge on any atom is 0.226 e. The topological polar surface area (TPSA) is 41.1 Å². The molecule has 1 aliphatic rings. The molecule has 4 heteroatoms. The molecule has 0 saturated carbocycles. The van der Waals surface area contributed by atoms with E-state index in [0.717, 1.165) is 12.1 Å². The third kappa shape index (κ3) is 3.16. The molecule has 3 nitrogen and oxygen atoms in total. The standard InChI is InChI=1S/C14H19ClN2O/c1-14(2,3)8-9-7-12(18)17-13-10(15)5-4-6-11(13)16-9/h4-6,9,16H,7-8H2,1-3H3,(H,17,18). The van der Waals surface area contributed by atoms with E-state index in [2.05, 4.69) is 31.4 Å². The van der Waals surface area contributed by atoms with E-state index in [1.165, 1.54) is 0 Å². The Bertz CT molecular complexity index is 465. The fraction of sp³-hybridized carbons (Fsp3) is 0.500. The lowest BCUT2D eigenvalue weighted by Gasteiger charge is -2.25. The second-order valence-electron chi connectivity index (χ2n) is 6.02. The van der Waals surface area contributed by atoms with Gasteiger partial charge in [0.15, 0.2) is 0 Å². The number of amides is 1. The van der Waals surface area contributed by atoms with Gasteiger partial charge in [-0.3, -0.25) is 4.79 Å². The van der Waals surface area contributed by atoms with Crippen molar-refractivity contribution in [1.82, 2.24) is 0 Å². The number of carbonyl (C=O) groups is 1. The molecule has 2 N–H and O–H groups in total. The molecule has 0 bridgehead atoms. The predicted molar refractivity (Wildman–Crippen MR) is 76.2 cm³/mol. The fourth-order valence-electron chi connectivity index (χ4n) is 2.32. The van der Waals surface area contributed by atoms with Gasteiger partial charge in [-0.2, -0.15) is 0 Å². The van der Waals surface area contributed by atoms with Crippen LogP contribution in [-0.4, -0.2) is 11.9 Å². The molecule has 0 aliphatic carbocycles. The number of anilines is 2. The van der Waals surface area contributed by atoms with Crippen LogP contribution in [0.4, 0.5) is 11.4 Å². The molecule has 0 radical (unpaired) electrons. The van der Waals surface area contributed by atoms with Crippen molar-refractivity contribution in [3.63, 3.8) is 0 Å². The third-order valence-electron chi connectivity index (χ3n) is 2.93. The minimum atomic E-state index is 0.0172.